The SMILES string of the molecule is CCC(C)Oc1nc(Cl)ccc1[N+](=O)[O-]. The highest BCUT2D eigenvalue weighted by molar-refractivity contribution is 6.29. The molecule has 0 fully saturated rings. The molecule has 1 unspecified atom stereocenters. The Morgan fingerprint density at radius 3 is 2.87 bits per heavy atom. The Bertz CT molecular complexity index is 370. The molecule has 0 aromatic carbocycles. The molecule has 0 aliphatic carbocycles. The molecule has 0 spiro atoms. The number of hydrogen-bond acceptors (Lipinski definition) is 4. The average molecular weight is 231 g/mol. The summed E-state index contributed by atoms with van der Waals surface area (Å²) in [4.78, 5) is 13.9. The highest BCUT2D eigenvalue weighted by atomic mass is 35.5. The number of rotatable bonds is 4. The standard InChI is InChI=1S/C9H11ClN2O3/c1-3-6(2)15-9-7(12(13)14)4-5-8(10)11-9/h4-6H,3H2,1-2H3. The molecule has 82 valence electrons. The van der Waals surface area contributed by atoms with Crippen molar-refractivity contribution in [2.45, 2.75) is 26.4 Å². The van der Waals surface area contributed by atoms with Gasteiger partial charge in [-0.25, -0.2) is 0 Å². The summed E-state index contributed by atoms with van der Waals surface area (Å²) in [6, 6.07) is 2.65. The van der Waals surface area contributed by atoms with Gasteiger partial charge >= 0.3 is 5.69 Å². The summed E-state index contributed by atoms with van der Waals surface area (Å²) in [6.07, 6.45) is 0.611. The maximum atomic E-state index is 10.6. The summed E-state index contributed by atoms with van der Waals surface area (Å²) < 4.78 is 5.30. The summed E-state index contributed by atoms with van der Waals surface area (Å²) in [5.41, 5.74) is -0.167. The van der Waals surface area contributed by atoms with Crippen molar-refractivity contribution in [2.75, 3.05) is 0 Å². The van der Waals surface area contributed by atoms with E-state index in [1.807, 2.05) is 13.8 Å². The molecule has 1 aromatic heterocycles. The molecular formula is C9H11ClN2O3. The van der Waals surface area contributed by atoms with Crippen LogP contribution in [0.2, 0.25) is 5.15 Å². The summed E-state index contributed by atoms with van der Waals surface area (Å²) in [5, 5.41) is 10.8. The molecule has 0 aliphatic heterocycles. The Labute approximate surface area is 92.2 Å². The van der Waals surface area contributed by atoms with Crippen LogP contribution in [0.3, 0.4) is 0 Å². The number of halogens is 1. The Morgan fingerprint density at radius 2 is 2.33 bits per heavy atom. The van der Waals surface area contributed by atoms with Gasteiger partial charge in [0.15, 0.2) is 0 Å². The van der Waals surface area contributed by atoms with Gasteiger partial charge in [-0.2, -0.15) is 4.98 Å². The zero-order valence-corrected chi connectivity index (χ0v) is 9.19. The highest BCUT2D eigenvalue weighted by Gasteiger charge is 2.18. The van der Waals surface area contributed by atoms with Crippen LogP contribution in [-0.2, 0) is 0 Å². The van der Waals surface area contributed by atoms with Crippen molar-refractivity contribution in [1.29, 1.82) is 0 Å². The minimum absolute atomic E-state index is 0.0261. The molecule has 0 amide bonds. The van der Waals surface area contributed by atoms with Crippen molar-refractivity contribution in [3.05, 3.63) is 27.4 Å². The van der Waals surface area contributed by atoms with Crippen molar-refractivity contribution in [3.63, 3.8) is 0 Å². The summed E-state index contributed by atoms with van der Waals surface area (Å²) >= 11 is 5.63. The maximum absolute atomic E-state index is 10.6. The van der Waals surface area contributed by atoms with Crippen LogP contribution in [0.1, 0.15) is 20.3 Å². The van der Waals surface area contributed by atoms with E-state index in [2.05, 4.69) is 4.98 Å². The zero-order chi connectivity index (χ0) is 11.4. The fourth-order valence-corrected chi connectivity index (χ4v) is 1.05. The van der Waals surface area contributed by atoms with Crippen LogP contribution >= 0.6 is 11.6 Å². The second-order valence-electron chi connectivity index (χ2n) is 3.05. The van der Waals surface area contributed by atoms with Crippen LogP contribution in [-0.4, -0.2) is 16.0 Å². The van der Waals surface area contributed by atoms with Crippen LogP contribution in [0.5, 0.6) is 5.88 Å². The van der Waals surface area contributed by atoms with Gasteiger partial charge in [0, 0.05) is 6.07 Å². The third kappa shape index (κ3) is 3.06. The van der Waals surface area contributed by atoms with Gasteiger partial charge in [-0.15, -0.1) is 0 Å². The molecule has 5 nitrogen and oxygen atoms in total. The predicted octanol–water partition coefficient (Wildman–Crippen LogP) is 2.82. The van der Waals surface area contributed by atoms with E-state index in [9.17, 15) is 10.1 Å². The first-order valence-corrected chi connectivity index (χ1v) is 4.90. The van der Waals surface area contributed by atoms with Gasteiger partial charge in [-0.3, -0.25) is 10.1 Å². The zero-order valence-electron chi connectivity index (χ0n) is 8.44. The van der Waals surface area contributed by atoms with E-state index in [4.69, 9.17) is 16.3 Å². The summed E-state index contributed by atoms with van der Waals surface area (Å²) in [5.74, 6) is -0.0261. The van der Waals surface area contributed by atoms with Crippen molar-refractivity contribution in [2.24, 2.45) is 0 Å². The average Bonchev–Trinajstić information content (AvgIpc) is 2.17. The predicted molar refractivity (Wildman–Crippen MR) is 56.3 cm³/mol. The smallest absolute Gasteiger partial charge is 0.331 e. The van der Waals surface area contributed by atoms with Crippen molar-refractivity contribution < 1.29 is 9.66 Å². The van der Waals surface area contributed by atoms with Crippen molar-refractivity contribution in [1.82, 2.24) is 4.98 Å². The first kappa shape index (κ1) is 11.7. The van der Waals surface area contributed by atoms with Crippen LogP contribution in [0.15, 0.2) is 12.1 Å². The molecule has 1 heterocycles. The van der Waals surface area contributed by atoms with E-state index in [0.29, 0.717) is 0 Å². The van der Waals surface area contributed by atoms with Crippen LogP contribution in [0, 0.1) is 10.1 Å². The van der Waals surface area contributed by atoms with Gasteiger partial charge in [0.05, 0.1) is 11.0 Å². The summed E-state index contributed by atoms with van der Waals surface area (Å²) in [6.45, 7) is 3.73. The van der Waals surface area contributed by atoms with Gasteiger partial charge < -0.3 is 4.74 Å². The molecular weight excluding hydrogens is 220 g/mol. The lowest BCUT2D eigenvalue weighted by Gasteiger charge is -2.11. The van der Waals surface area contributed by atoms with E-state index >= 15 is 0 Å². The van der Waals surface area contributed by atoms with E-state index in [1.54, 1.807) is 0 Å². The highest BCUT2D eigenvalue weighted by Crippen LogP contribution is 2.27. The molecule has 0 bridgehead atoms. The van der Waals surface area contributed by atoms with Gasteiger partial charge in [-0.05, 0) is 19.4 Å². The molecule has 0 saturated heterocycles. The molecule has 0 radical (unpaired) electrons. The van der Waals surface area contributed by atoms with Gasteiger partial charge in [-0.1, -0.05) is 18.5 Å². The lowest BCUT2D eigenvalue weighted by atomic mass is 10.3. The minimum Gasteiger partial charge on any atom is -0.470 e. The minimum atomic E-state index is -0.541. The third-order valence-corrected chi connectivity index (χ3v) is 2.10. The number of nitro groups is 1. The van der Waals surface area contributed by atoms with Crippen LogP contribution < -0.4 is 4.74 Å². The molecule has 0 saturated carbocycles. The van der Waals surface area contributed by atoms with Gasteiger partial charge in [0.25, 0.3) is 5.88 Å². The Morgan fingerprint density at radius 1 is 1.67 bits per heavy atom. The fourth-order valence-electron chi connectivity index (χ4n) is 0.910. The van der Waals surface area contributed by atoms with Crippen molar-refractivity contribution >= 4 is 17.3 Å². The molecule has 1 aromatic rings. The van der Waals surface area contributed by atoms with Gasteiger partial charge in [0.2, 0.25) is 0 Å². The largest absolute Gasteiger partial charge is 0.470 e. The van der Waals surface area contributed by atoms with Crippen LogP contribution in [0.4, 0.5) is 5.69 Å². The molecule has 1 rings (SSSR count). The monoisotopic (exact) mass is 230 g/mol. The van der Waals surface area contributed by atoms with Crippen LogP contribution in [0.25, 0.3) is 0 Å². The first-order chi connectivity index (χ1) is 7.04. The second-order valence-corrected chi connectivity index (χ2v) is 3.44. The second kappa shape index (κ2) is 4.93. The molecule has 1 atom stereocenters. The molecule has 6 heteroatoms. The molecule has 0 aliphatic rings. The third-order valence-electron chi connectivity index (χ3n) is 1.89. The molecule has 0 N–H and O–H groups in total. The Balaban J connectivity index is 3.02. The Kier molecular flexibility index (Phi) is 3.85. The fraction of sp³-hybridized carbons (Fsp3) is 0.444. The number of aromatic nitrogens is 1. The quantitative estimate of drug-likeness (QED) is 0.453. The number of pyridine rings is 1. The maximum Gasteiger partial charge on any atom is 0.331 e. The summed E-state index contributed by atoms with van der Waals surface area (Å²) in [7, 11) is 0. The topological polar surface area (TPSA) is 65.3 Å². The normalized spacial score (nSPS) is 12.2. The van der Waals surface area contributed by atoms with E-state index < -0.39 is 4.92 Å². The van der Waals surface area contributed by atoms with Crippen molar-refractivity contribution in [3.8, 4) is 5.88 Å². The number of ether oxygens (including phenoxy) is 1. The van der Waals surface area contributed by atoms with Gasteiger partial charge in [0.1, 0.15) is 5.15 Å². The Hall–Kier alpha value is -1.36. The van der Waals surface area contributed by atoms with E-state index in [0.717, 1.165) is 6.42 Å². The van der Waals surface area contributed by atoms with E-state index in [-0.39, 0.29) is 22.8 Å². The lowest BCUT2D eigenvalue weighted by Crippen LogP contribution is -2.12. The number of hydrogen-bond donors (Lipinski definition) is 0. The lowest BCUT2D eigenvalue weighted by molar-refractivity contribution is -0.386. The van der Waals surface area contributed by atoms with E-state index in [1.165, 1.54) is 12.1 Å². The molecule has 15 heavy (non-hydrogen) atoms. The first-order valence-electron chi connectivity index (χ1n) is 4.52. The number of nitrogens with zero attached hydrogens (tertiary/aromatic N) is 2.